The summed E-state index contributed by atoms with van der Waals surface area (Å²) in [5, 5.41) is 9.48. The van der Waals surface area contributed by atoms with Crippen molar-refractivity contribution in [1.82, 2.24) is 19.6 Å². The molecule has 3 aromatic rings. The van der Waals surface area contributed by atoms with E-state index in [4.69, 9.17) is 4.74 Å². The number of carbonyl (C=O) groups is 1. The van der Waals surface area contributed by atoms with E-state index in [0.717, 1.165) is 41.6 Å². The summed E-state index contributed by atoms with van der Waals surface area (Å²) < 4.78 is 8.59. The molecule has 2 aromatic heterocycles. The number of ether oxygens (including phenoxy) is 1. The van der Waals surface area contributed by atoms with Crippen LogP contribution in [0.2, 0.25) is 0 Å². The molecule has 1 unspecified atom stereocenters. The Hall–Kier alpha value is -2.96. The predicted molar refractivity (Wildman–Crippen MR) is 98.4 cm³/mol. The third-order valence-electron chi connectivity index (χ3n) is 6.25. The summed E-state index contributed by atoms with van der Waals surface area (Å²) in [6.45, 7) is 0. The molecule has 3 aliphatic carbocycles. The van der Waals surface area contributed by atoms with Gasteiger partial charge >= 0.3 is 5.97 Å². The molecule has 2 bridgehead atoms. The summed E-state index contributed by atoms with van der Waals surface area (Å²) in [4.78, 5) is 24.7. The van der Waals surface area contributed by atoms with Gasteiger partial charge < -0.3 is 9.30 Å². The highest BCUT2D eigenvalue weighted by molar-refractivity contribution is 5.91. The lowest BCUT2D eigenvalue weighted by Crippen LogP contribution is -2.59. The SMILES string of the molecule is COC(=O)C(c1cn(C23CC(C2)C3)nn1)c1cccc2c1ccc(=O)n2C. The van der Waals surface area contributed by atoms with Gasteiger partial charge in [-0.1, -0.05) is 17.3 Å². The van der Waals surface area contributed by atoms with Gasteiger partial charge in [0, 0.05) is 18.5 Å². The average Bonchev–Trinajstić information content (AvgIpc) is 3.05. The molecule has 2 heterocycles. The molecule has 27 heavy (non-hydrogen) atoms. The van der Waals surface area contributed by atoms with E-state index < -0.39 is 5.92 Å². The first kappa shape index (κ1) is 16.2. The first-order valence-electron chi connectivity index (χ1n) is 9.12. The van der Waals surface area contributed by atoms with E-state index in [1.807, 2.05) is 29.1 Å². The predicted octanol–water partition coefficient (Wildman–Crippen LogP) is 1.94. The van der Waals surface area contributed by atoms with Gasteiger partial charge in [-0.2, -0.15) is 0 Å². The molecule has 0 spiro atoms. The van der Waals surface area contributed by atoms with Crippen molar-refractivity contribution in [3.63, 3.8) is 0 Å². The Kier molecular flexibility index (Phi) is 3.32. The Morgan fingerprint density at radius 2 is 2.04 bits per heavy atom. The van der Waals surface area contributed by atoms with Crippen LogP contribution in [0.15, 0.2) is 41.3 Å². The minimum absolute atomic E-state index is 0.0937. The van der Waals surface area contributed by atoms with Gasteiger partial charge in [0.25, 0.3) is 5.56 Å². The number of aromatic nitrogens is 4. The molecule has 0 aliphatic heterocycles. The Morgan fingerprint density at radius 1 is 1.26 bits per heavy atom. The van der Waals surface area contributed by atoms with Crippen LogP contribution in [0, 0.1) is 5.92 Å². The minimum atomic E-state index is -0.683. The number of aryl methyl sites for hydroxylation is 1. The number of hydrogen-bond acceptors (Lipinski definition) is 5. The number of esters is 1. The lowest BCUT2D eigenvalue weighted by atomic mass is 9.50. The number of nitrogens with zero attached hydrogens (tertiary/aromatic N) is 4. The molecule has 0 amide bonds. The molecule has 7 heteroatoms. The van der Waals surface area contributed by atoms with Crippen molar-refractivity contribution in [3.8, 4) is 0 Å². The zero-order valence-electron chi connectivity index (χ0n) is 15.3. The van der Waals surface area contributed by atoms with Crippen LogP contribution in [0.1, 0.15) is 36.4 Å². The van der Waals surface area contributed by atoms with Crippen LogP contribution in [0.5, 0.6) is 0 Å². The van der Waals surface area contributed by atoms with Gasteiger partial charge in [0.05, 0.1) is 24.4 Å². The largest absolute Gasteiger partial charge is 0.468 e. The van der Waals surface area contributed by atoms with Gasteiger partial charge in [-0.05, 0) is 42.9 Å². The highest BCUT2D eigenvalue weighted by Crippen LogP contribution is 2.61. The molecule has 7 nitrogen and oxygen atoms in total. The Labute approximate surface area is 155 Å². The number of fused-ring (bicyclic) bond motifs is 1. The van der Waals surface area contributed by atoms with Gasteiger partial charge in [0.2, 0.25) is 0 Å². The minimum Gasteiger partial charge on any atom is -0.468 e. The zero-order chi connectivity index (χ0) is 18.8. The second-order valence-corrected chi connectivity index (χ2v) is 7.76. The topological polar surface area (TPSA) is 79.0 Å². The van der Waals surface area contributed by atoms with E-state index in [2.05, 4.69) is 10.3 Å². The third-order valence-corrected chi connectivity index (χ3v) is 6.25. The Bertz CT molecular complexity index is 1110. The van der Waals surface area contributed by atoms with Gasteiger partial charge in [-0.25, -0.2) is 4.68 Å². The highest BCUT2D eigenvalue weighted by atomic mass is 16.5. The highest BCUT2D eigenvalue weighted by Gasteiger charge is 2.59. The summed E-state index contributed by atoms with van der Waals surface area (Å²) >= 11 is 0. The third kappa shape index (κ3) is 2.20. The average molecular weight is 364 g/mol. The second kappa shape index (κ2) is 5.52. The Balaban J connectivity index is 1.65. The van der Waals surface area contributed by atoms with E-state index in [0.29, 0.717) is 5.69 Å². The maximum absolute atomic E-state index is 12.7. The number of methoxy groups -OCH3 is 1. The standard InChI is InChI=1S/C20H20N4O3/c1-23-16-5-3-4-14(13(16)6-7-17(23)25)18(19(26)27-2)15-11-24(22-21-15)20-8-12(9-20)10-20/h3-7,11-12,18H,8-10H2,1-2H3. The summed E-state index contributed by atoms with van der Waals surface area (Å²) in [6, 6.07) is 8.87. The number of carbonyl (C=O) groups excluding carboxylic acids is 1. The van der Waals surface area contributed by atoms with Crippen molar-refractivity contribution in [2.75, 3.05) is 7.11 Å². The van der Waals surface area contributed by atoms with Crippen LogP contribution < -0.4 is 5.56 Å². The van der Waals surface area contributed by atoms with E-state index in [1.54, 1.807) is 17.7 Å². The van der Waals surface area contributed by atoms with E-state index in [-0.39, 0.29) is 17.1 Å². The molecule has 138 valence electrons. The quantitative estimate of drug-likeness (QED) is 0.661. The monoisotopic (exact) mass is 364 g/mol. The number of hydrogen-bond donors (Lipinski definition) is 0. The molecule has 6 rings (SSSR count). The van der Waals surface area contributed by atoms with Crippen molar-refractivity contribution < 1.29 is 9.53 Å². The van der Waals surface area contributed by atoms with Crippen LogP contribution >= 0.6 is 0 Å². The first-order valence-corrected chi connectivity index (χ1v) is 9.12. The van der Waals surface area contributed by atoms with E-state index in [9.17, 15) is 9.59 Å². The Morgan fingerprint density at radius 3 is 2.70 bits per heavy atom. The summed E-state index contributed by atoms with van der Waals surface area (Å²) in [5.41, 5.74) is 2.12. The number of rotatable bonds is 4. The van der Waals surface area contributed by atoms with Crippen LogP contribution in [-0.4, -0.2) is 32.6 Å². The summed E-state index contributed by atoms with van der Waals surface area (Å²) in [6.07, 6.45) is 5.33. The molecule has 3 fully saturated rings. The molecule has 0 saturated heterocycles. The molecule has 3 aliphatic rings. The maximum Gasteiger partial charge on any atom is 0.319 e. The van der Waals surface area contributed by atoms with Gasteiger partial charge in [0.15, 0.2) is 0 Å². The van der Waals surface area contributed by atoms with Crippen molar-refractivity contribution in [1.29, 1.82) is 0 Å². The molecule has 3 saturated carbocycles. The smallest absolute Gasteiger partial charge is 0.319 e. The van der Waals surface area contributed by atoms with E-state index >= 15 is 0 Å². The molecule has 1 aromatic carbocycles. The van der Waals surface area contributed by atoms with Crippen molar-refractivity contribution >= 4 is 16.9 Å². The normalized spacial score (nSPS) is 24.1. The molecular formula is C20H20N4O3. The fourth-order valence-electron chi connectivity index (χ4n) is 4.56. The van der Waals surface area contributed by atoms with Gasteiger partial charge in [0.1, 0.15) is 11.6 Å². The van der Waals surface area contributed by atoms with Crippen LogP contribution in [0.3, 0.4) is 0 Å². The van der Waals surface area contributed by atoms with Crippen LogP contribution in [0.25, 0.3) is 10.9 Å². The lowest BCUT2D eigenvalue weighted by Gasteiger charge is -2.61. The van der Waals surface area contributed by atoms with Crippen molar-refractivity contribution in [2.24, 2.45) is 13.0 Å². The second-order valence-electron chi connectivity index (χ2n) is 7.76. The first-order chi connectivity index (χ1) is 13.0. The van der Waals surface area contributed by atoms with Crippen molar-refractivity contribution in [3.05, 3.63) is 58.1 Å². The summed E-state index contributed by atoms with van der Waals surface area (Å²) in [7, 11) is 3.10. The number of pyridine rings is 1. The van der Waals surface area contributed by atoms with Crippen molar-refractivity contribution in [2.45, 2.75) is 30.7 Å². The molecule has 1 atom stereocenters. The number of benzene rings is 1. The zero-order valence-corrected chi connectivity index (χ0v) is 15.3. The fourth-order valence-corrected chi connectivity index (χ4v) is 4.56. The fraction of sp³-hybridized carbons (Fsp3) is 0.400. The maximum atomic E-state index is 12.7. The summed E-state index contributed by atoms with van der Waals surface area (Å²) in [5.74, 6) is -0.244. The van der Waals surface area contributed by atoms with Gasteiger partial charge in [-0.3, -0.25) is 9.59 Å². The molecular weight excluding hydrogens is 344 g/mol. The molecule has 0 radical (unpaired) electrons. The lowest BCUT2D eigenvalue weighted by molar-refractivity contribution is -0.141. The van der Waals surface area contributed by atoms with Gasteiger partial charge in [-0.15, -0.1) is 5.10 Å². The van der Waals surface area contributed by atoms with E-state index in [1.165, 1.54) is 13.2 Å². The van der Waals surface area contributed by atoms with Crippen LogP contribution in [0.4, 0.5) is 0 Å². The van der Waals surface area contributed by atoms with Crippen LogP contribution in [-0.2, 0) is 22.1 Å². The molecule has 0 N–H and O–H groups in total.